The molecule has 0 spiro atoms. The SMILES string of the molecule is COc1cccc(S(=O)(=O)N2CCCCC(c3ccccc3)C2)c1. The second-order valence-electron chi connectivity index (χ2n) is 6.15. The van der Waals surface area contributed by atoms with Gasteiger partial charge in [-0.2, -0.15) is 4.31 Å². The molecule has 1 aliphatic rings. The molecule has 0 aromatic heterocycles. The molecule has 5 heteroatoms. The first-order chi connectivity index (χ1) is 11.6. The van der Waals surface area contributed by atoms with Crippen LogP contribution in [0.2, 0.25) is 0 Å². The van der Waals surface area contributed by atoms with Crippen LogP contribution in [-0.4, -0.2) is 32.9 Å². The van der Waals surface area contributed by atoms with Crippen LogP contribution in [0.25, 0.3) is 0 Å². The summed E-state index contributed by atoms with van der Waals surface area (Å²) in [6.45, 7) is 1.10. The number of sulfonamides is 1. The van der Waals surface area contributed by atoms with Gasteiger partial charge < -0.3 is 4.74 Å². The minimum Gasteiger partial charge on any atom is -0.497 e. The minimum absolute atomic E-state index is 0.245. The van der Waals surface area contributed by atoms with Gasteiger partial charge in [-0.25, -0.2) is 8.42 Å². The first-order valence-corrected chi connectivity index (χ1v) is 9.74. The quantitative estimate of drug-likeness (QED) is 0.850. The number of nitrogens with zero attached hydrogens (tertiary/aromatic N) is 1. The summed E-state index contributed by atoms with van der Waals surface area (Å²) in [5.74, 6) is 0.805. The van der Waals surface area contributed by atoms with E-state index in [1.165, 1.54) is 5.56 Å². The molecule has 1 aliphatic heterocycles. The third-order valence-corrected chi connectivity index (χ3v) is 6.45. The van der Waals surface area contributed by atoms with E-state index in [2.05, 4.69) is 12.1 Å². The Morgan fingerprint density at radius 2 is 1.83 bits per heavy atom. The molecule has 0 aliphatic carbocycles. The highest BCUT2D eigenvalue weighted by atomic mass is 32.2. The van der Waals surface area contributed by atoms with Gasteiger partial charge >= 0.3 is 0 Å². The van der Waals surface area contributed by atoms with Gasteiger partial charge in [0.25, 0.3) is 0 Å². The second kappa shape index (κ2) is 7.36. The highest BCUT2D eigenvalue weighted by Crippen LogP contribution is 2.30. The average molecular weight is 345 g/mol. The molecular formula is C19H23NO3S. The van der Waals surface area contributed by atoms with Gasteiger partial charge in [-0.1, -0.05) is 42.8 Å². The molecule has 1 unspecified atom stereocenters. The summed E-state index contributed by atoms with van der Waals surface area (Å²) < 4.78 is 32.9. The van der Waals surface area contributed by atoms with Crippen LogP contribution in [0.15, 0.2) is 59.5 Å². The topological polar surface area (TPSA) is 46.6 Å². The standard InChI is InChI=1S/C19H23NO3S/c1-23-18-11-7-12-19(14-18)24(21,22)20-13-6-5-10-17(15-20)16-8-3-2-4-9-16/h2-4,7-9,11-12,14,17H,5-6,10,13,15H2,1H3. The van der Waals surface area contributed by atoms with Gasteiger partial charge in [-0.05, 0) is 36.5 Å². The van der Waals surface area contributed by atoms with E-state index in [4.69, 9.17) is 4.74 Å². The van der Waals surface area contributed by atoms with E-state index in [0.29, 0.717) is 23.7 Å². The van der Waals surface area contributed by atoms with Gasteiger partial charge in [0, 0.05) is 19.2 Å². The van der Waals surface area contributed by atoms with Crippen LogP contribution in [0.1, 0.15) is 30.7 Å². The van der Waals surface area contributed by atoms with Crippen LogP contribution >= 0.6 is 0 Å². The molecule has 24 heavy (non-hydrogen) atoms. The number of rotatable bonds is 4. The van der Waals surface area contributed by atoms with Crippen molar-refractivity contribution in [2.24, 2.45) is 0 Å². The molecule has 3 rings (SSSR count). The Hall–Kier alpha value is -1.85. The monoisotopic (exact) mass is 345 g/mol. The maximum atomic E-state index is 13.1. The van der Waals surface area contributed by atoms with Gasteiger partial charge in [0.2, 0.25) is 10.0 Å². The predicted molar refractivity (Wildman–Crippen MR) is 94.8 cm³/mol. The van der Waals surface area contributed by atoms with Gasteiger partial charge in [0.15, 0.2) is 0 Å². The summed E-state index contributed by atoms with van der Waals surface area (Å²) in [4.78, 5) is 0.301. The van der Waals surface area contributed by atoms with Crippen LogP contribution in [-0.2, 0) is 10.0 Å². The van der Waals surface area contributed by atoms with E-state index >= 15 is 0 Å². The first-order valence-electron chi connectivity index (χ1n) is 8.30. The largest absolute Gasteiger partial charge is 0.497 e. The fourth-order valence-corrected chi connectivity index (χ4v) is 4.79. The lowest BCUT2D eigenvalue weighted by Crippen LogP contribution is -2.34. The number of benzene rings is 2. The van der Waals surface area contributed by atoms with Crippen molar-refractivity contribution in [2.75, 3.05) is 20.2 Å². The minimum atomic E-state index is -3.51. The molecule has 0 bridgehead atoms. The molecule has 0 N–H and O–H groups in total. The van der Waals surface area contributed by atoms with Gasteiger partial charge in [0.05, 0.1) is 12.0 Å². The fourth-order valence-electron chi connectivity index (χ4n) is 3.23. The third kappa shape index (κ3) is 3.62. The Bertz CT molecular complexity index is 774. The Morgan fingerprint density at radius 3 is 2.58 bits per heavy atom. The highest BCUT2D eigenvalue weighted by molar-refractivity contribution is 7.89. The molecule has 4 nitrogen and oxygen atoms in total. The average Bonchev–Trinajstić information content (AvgIpc) is 2.89. The van der Waals surface area contributed by atoms with Crippen molar-refractivity contribution in [2.45, 2.75) is 30.1 Å². The van der Waals surface area contributed by atoms with Crippen molar-refractivity contribution in [1.82, 2.24) is 4.31 Å². The molecule has 0 radical (unpaired) electrons. The van der Waals surface area contributed by atoms with E-state index in [-0.39, 0.29) is 5.92 Å². The van der Waals surface area contributed by atoms with E-state index < -0.39 is 10.0 Å². The second-order valence-corrected chi connectivity index (χ2v) is 8.08. The molecule has 128 valence electrons. The zero-order chi connectivity index (χ0) is 17.0. The molecule has 1 heterocycles. The van der Waals surface area contributed by atoms with Gasteiger partial charge in [-0.3, -0.25) is 0 Å². The van der Waals surface area contributed by atoms with E-state index in [0.717, 1.165) is 19.3 Å². The van der Waals surface area contributed by atoms with Gasteiger partial charge in [0.1, 0.15) is 5.75 Å². The Balaban J connectivity index is 1.88. The van der Waals surface area contributed by atoms with Crippen molar-refractivity contribution < 1.29 is 13.2 Å². The van der Waals surface area contributed by atoms with Crippen molar-refractivity contribution in [3.63, 3.8) is 0 Å². The van der Waals surface area contributed by atoms with Crippen molar-refractivity contribution in [3.05, 3.63) is 60.2 Å². The maximum Gasteiger partial charge on any atom is 0.243 e. The van der Waals surface area contributed by atoms with Crippen LogP contribution in [0.5, 0.6) is 5.75 Å². The Labute approximate surface area is 144 Å². The third-order valence-electron chi connectivity index (χ3n) is 4.58. The lowest BCUT2D eigenvalue weighted by molar-refractivity contribution is 0.402. The van der Waals surface area contributed by atoms with Gasteiger partial charge in [-0.15, -0.1) is 0 Å². The van der Waals surface area contributed by atoms with Crippen LogP contribution in [0.4, 0.5) is 0 Å². The van der Waals surface area contributed by atoms with Crippen LogP contribution in [0.3, 0.4) is 0 Å². The molecule has 1 atom stereocenters. The van der Waals surface area contributed by atoms with E-state index in [1.54, 1.807) is 35.7 Å². The number of methoxy groups -OCH3 is 1. The Morgan fingerprint density at radius 1 is 1.04 bits per heavy atom. The number of hydrogen-bond donors (Lipinski definition) is 0. The summed E-state index contributed by atoms with van der Waals surface area (Å²) in [6.07, 6.45) is 2.96. The molecule has 1 saturated heterocycles. The van der Waals surface area contributed by atoms with Crippen molar-refractivity contribution in [3.8, 4) is 5.75 Å². The smallest absolute Gasteiger partial charge is 0.243 e. The molecule has 1 fully saturated rings. The van der Waals surface area contributed by atoms with Crippen molar-refractivity contribution in [1.29, 1.82) is 0 Å². The summed E-state index contributed by atoms with van der Waals surface area (Å²) in [5.41, 5.74) is 1.21. The molecule has 2 aromatic carbocycles. The first kappa shape index (κ1) is 17.0. The van der Waals surface area contributed by atoms with Crippen molar-refractivity contribution >= 4 is 10.0 Å². The van der Waals surface area contributed by atoms with Crippen LogP contribution in [0, 0.1) is 0 Å². The lowest BCUT2D eigenvalue weighted by Gasteiger charge is -2.24. The zero-order valence-corrected chi connectivity index (χ0v) is 14.7. The normalized spacial score (nSPS) is 19.6. The molecule has 2 aromatic rings. The fraction of sp³-hybridized carbons (Fsp3) is 0.368. The summed E-state index contributed by atoms with van der Waals surface area (Å²) in [5, 5.41) is 0. The zero-order valence-electron chi connectivity index (χ0n) is 13.9. The molecule has 0 saturated carbocycles. The number of ether oxygens (including phenoxy) is 1. The summed E-state index contributed by atoms with van der Waals surface area (Å²) in [7, 11) is -1.96. The number of hydrogen-bond acceptors (Lipinski definition) is 3. The highest BCUT2D eigenvalue weighted by Gasteiger charge is 2.29. The predicted octanol–water partition coefficient (Wildman–Crippen LogP) is 3.65. The molecule has 0 amide bonds. The summed E-state index contributed by atoms with van der Waals surface area (Å²) >= 11 is 0. The molecular weight excluding hydrogens is 322 g/mol. The van der Waals surface area contributed by atoms with Crippen LogP contribution < -0.4 is 4.74 Å². The summed E-state index contributed by atoms with van der Waals surface area (Å²) in [6, 6.07) is 16.9. The van der Waals surface area contributed by atoms with E-state index in [9.17, 15) is 8.42 Å². The van der Waals surface area contributed by atoms with E-state index in [1.807, 2.05) is 18.2 Å². The Kier molecular flexibility index (Phi) is 5.21. The lowest BCUT2D eigenvalue weighted by atomic mass is 9.95. The maximum absolute atomic E-state index is 13.1.